The third kappa shape index (κ3) is 7.50. The van der Waals surface area contributed by atoms with Crippen molar-refractivity contribution in [1.82, 2.24) is 4.90 Å². The maximum atomic E-state index is 11.0. The lowest BCUT2D eigenvalue weighted by atomic mass is 10.2. The first-order chi connectivity index (χ1) is 7.80. The highest BCUT2D eigenvalue weighted by Crippen LogP contribution is 2.06. The molecule has 17 heavy (non-hydrogen) atoms. The van der Waals surface area contributed by atoms with Gasteiger partial charge in [0.15, 0.2) is 0 Å². The van der Waals surface area contributed by atoms with Crippen LogP contribution in [0.1, 0.15) is 0 Å². The maximum Gasteiger partial charge on any atom is 0.397 e. The highest BCUT2D eigenvalue weighted by molar-refractivity contribution is 7.80. The summed E-state index contributed by atoms with van der Waals surface area (Å²) in [5, 5.41) is 0. The third-order valence-corrected chi connectivity index (χ3v) is 2.14. The highest BCUT2D eigenvalue weighted by atomic mass is 32.3. The Morgan fingerprint density at radius 2 is 2.00 bits per heavy atom. The first-order valence-electron chi connectivity index (χ1n) is 4.49. The Hall–Kier alpha value is -1.38. The molecule has 1 N–H and O–H groups in total. The molecule has 0 radical (unpaired) electrons. The van der Waals surface area contributed by atoms with Crippen LogP contribution in [0, 0.1) is 0 Å². The standard InChI is InChI=1S/C8H11NO2.CH4O4S/c1-9-5-3-4-7(6-9)8(10)11-2;1-5-6(2,3)4/h3-5H,6H2,1-2H3;1H3,(H,2,3,4). The zero-order valence-electron chi connectivity index (χ0n) is 9.78. The third-order valence-electron chi connectivity index (χ3n) is 1.72. The summed E-state index contributed by atoms with van der Waals surface area (Å²) in [6.45, 7) is 0.628. The fourth-order valence-electron chi connectivity index (χ4n) is 0.944. The largest absolute Gasteiger partial charge is 0.466 e. The van der Waals surface area contributed by atoms with E-state index >= 15 is 0 Å². The molecule has 0 aromatic heterocycles. The Balaban J connectivity index is 0.000000366. The molecule has 0 saturated carbocycles. The van der Waals surface area contributed by atoms with Crippen LogP contribution in [0.3, 0.4) is 0 Å². The van der Waals surface area contributed by atoms with E-state index in [0.717, 1.165) is 7.11 Å². The van der Waals surface area contributed by atoms with Crippen molar-refractivity contribution in [3.63, 3.8) is 0 Å². The number of carbonyl (C=O) groups is 1. The number of esters is 1. The lowest BCUT2D eigenvalue weighted by Gasteiger charge is -2.17. The second kappa shape index (κ2) is 7.05. The van der Waals surface area contributed by atoms with E-state index in [1.807, 2.05) is 24.2 Å². The van der Waals surface area contributed by atoms with Gasteiger partial charge in [0.2, 0.25) is 0 Å². The van der Waals surface area contributed by atoms with Crippen LogP contribution in [0.5, 0.6) is 0 Å². The first-order valence-corrected chi connectivity index (χ1v) is 5.85. The molecule has 98 valence electrons. The summed E-state index contributed by atoms with van der Waals surface area (Å²) in [5.74, 6) is -0.249. The summed E-state index contributed by atoms with van der Waals surface area (Å²) >= 11 is 0. The minimum absolute atomic E-state index is 0.249. The molecule has 8 heteroatoms. The molecular formula is C9H15NO6S. The molecule has 0 atom stereocenters. The molecule has 1 aliphatic heterocycles. The van der Waals surface area contributed by atoms with E-state index in [0.29, 0.717) is 12.1 Å². The molecule has 0 amide bonds. The Bertz CT molecular complexity index is 411. The smallest absolute Gasteiger partial charge is 0.397 e. The van der Waals surface area contributed by atoms with Gasteiger partial charge >= 0.3 is 16.4 Å². The number of methoxy groups -OCH3 is 1. The SMILES string of the molecule is COC(=O)C1=CC=CN(C)C1.COS(=O)(=O)O. The average Bonchev–Trinajstić information content (AvgIpc) is 2.28. The van der Waals surface area contributed by atoms with Crippen molar-refractivity contribution >= 4 is 16.4 Å². The number of hydrogen-bond acceptors (Lipinski definition) is 6. The van der Waals surface area contributed by atoms with Crippen LogP contribution < -0.4 is 0 Å². The number of allylic oxidation sites excluding steroid dienone is 2. The molecule has 0 fully saturated rings. The van der Waals surface area contributed by atoms with Crippen molar-refractivity contribution in [3.8, 4) is 0 Å². The fourth-order valence-corrected chi connectivity index (χ4v) is 0.944. The van der Waals surface area contributed by atoms with Gasteiger partial charge < -0.3 is 9.64 Å². The average molecular weight is 265 g/mol. The minimum Gasteiger partial charge on any atom is -0.466 e. The van der Waals surface area contributed by atoms with Gasteiger partial charge in [0.1, 0.15) is 0 Å². The topological polar surface area (TPSA) is 93.1 Å². The van der Waals surface area contributed by atoms with Crippen LogP contribution in [0.2, 0.25) is 0 Å². The van der Waals surface area contributed by atoms with Gasteiger partial charge in [-0.05, 0) is 18.4 Å². The van der Waals surface area contributed by atoms with E-state index in [1.54, 1.807) is 6.08 Å². The van der Waals surface area contributed by atoms with Crippen LogP contribution in [-0.4, -0.2) is 51.7 Å². The second-order valence-corrected chi connectivity index (χ2v) is 4.22. The first kappa shape index (κ1) is 15.6. The summed E-state index contributed by atoms with van der Waals surface area (Å²) in [7, 11) is 0.00787. The van der Waals surface area contributed by atoms with Crippen molar-refractivity contribution < 1.29 is 26.7 Å². The molecule has 0 saturated heterocycles. The van der Waals surface area contributed by atoms with Crippen LogP contribution in [0.25, 0.3) is 0 Å². The normalized spacial score (nSPS) is 14.6. The van der Waals surface area contributed by atoms with E-state index in [2.05, 4.69) is 8.92 Å². The van der Waals surface area contributed by atoms with Gasteiger partial charge in [-0.2, -0.15) is 8.42 Å². The Kier molecular flexibility index (Phi) is 6.47. The van der Waals surface area contributed by atoms with Crippen LogP contribution in [0.4, 0.5) is 0 Å². The molecular weight excluding hydrogens is 250 g/mol. The molecule has 0 unspecified atom stereocenters. The van der Waals surface area contributed by atoms with Gasteiger partial charge in [-0.25, -0.2) is 4.79 Å². The van der Waals surface area contributed by atoms with Gasteiger partial charge in [-0.3, -0.25) is 8.74 Å². The number of rotatable bonds is 2. The van der Waals surface area contributed by atoms with E-state index in [9.17, 15) is 13.2 Å². The monoisotopic (exact) mass is 265 g/mol. The fraction of sp³-hybridized carbons (Fsp3) is 0.444. The van der Waals surface area contributed by atoms with Crippen molar-refractivity contribution in [2.24, 2.45) is 0 Å². The molecule has 1 rings (SSSR count). The number of likely N-dealkylation sites (N-methyl/N-ethyl adjacent to an activating group) is 1. The predicted octanol–water partition coefficient (Wildman–Crippen LogP) is -0.0195. The summed E-state index contributed by atoms with van der Waals surface area (Å²) in [5.41, 5.74) is 0.692. The van der Waals surface area contributed by atoms with Crippen LogP contribution in [-0.2, 0) is 24.1 Å². The summed E-state index contributed by atoms with van der Waals surface area (Å²) < 4.78 is 34.3. The van der Waals surface area contributed by atoms with Gasteiger partial charge in [-0.1, -0.05) is 0 Å². The second-order valence-electron chi connectivity index (χ2n) is 3.03. The lowest BCUT2D eigenvalue weighted by molar-refractivity contribution is -0.136. The van der Waals surface area contributed by atoms with Gasteiger partial charge in [0.25, 0.3) is 0 Å². The number of carbonyl (C=O) groups excluding carboxylic acids is 1. The van der Waals surface area contributed by atoms with Gasteiger partial charge in [-0.15, -0.1) is 0 Å². The summed E-state index contributed by atoms with van der Waals surface area (Å²) in [4.78, 5) is 12.9. The van der Waals surface area contributed by atoms with E-state index in [-0.39, 0.29) is 5.97 Å². The molecule has 0 aromatic rings. The number of nitrogens with zero attached hydrogens (tertiary/aromatic N) is 1. The zero-order chi connectivity index (χ0) is 13.5. The molecule has 1 aliphatic rings. The summed E-state index contributed by atoms with van der Waals surface area (Å²) in [6, 6.07) is 0. The Morgan fingerprint density at radius 1 is 1.47 bits per heavy atom. The Labute approximate surface area is 100 Å². The maximum absolute atomic E-state index is 11.0. The molecule has 0 aromatic carbocycles. The Morgan fingerprint density at radius 3 is 2.35 bits per heavy atom. The van der Waals surface area contributed by atoms with Crippen molar-refractivity contribution in [3.05, 3.63) is 23.9 Å². The highest BCUT2D eigenvalue weighted by Gasteiger charge is 2.11. The van der Waals surface area contributed by atoms with Gasteiger partial charge in [0, 0.05) is 13.6 Å². The minimum atomic E-state index is -4.16. The molecule has 1 heterocycles. The van der Waals surface area contributed by atoms with E-state index in [1.165, 1.54) is 7.11 Å². The number of ether oxygens (including phenoxy) is 1. The summed E-state index contributed by atoms with van der Waals surface area (Å²) in [6.07, 6.45) is 5.51. The van der Waals surface area contributed by atoms with E-state index in [4.69, 9.17) is 4.55 Å². The molecule has 0 aliphatic carbocycles. The molecule has 0 bridgehead atoms. The van der Waals surface area contributed by atoms with Crippen molar-refractivity contribution in [2.45, 2.75) is 0 Å². The van der Waals surface area contributed by atoms with Crippen LogP contribution in [0.15, 0.2) is 23.9 Å². The predicted molar refractivity (Wildman–Crippen MR) is 60.4 cm³/mol. The molecule has 7 nitrogen and oxygen atoms in total. The number of hydrogen-bond donors (Lipinski definition) is 1. The van der Waals surface area contributed by atoms with Gasteiger partial charge in [0.05, 0.1) is 19.8 Å². The van der Waals surface area contributed by atoms with Crippen molar-refractivity contribution in [2.75, 3.05) is 27.8 Å². The quantitative estimate of drug-likeness (QED) is 0.554. The van der Waals surface area contributed by atoms with E-state index < -0.39 is 10.4 Å². The molecule has 0 spiro atoms. The lowest BCUT2D eigenvalue weighted by Crippen LogP contribution is -2.22. The van der Waals surface area contributed by atoms with Crippen molar-refractivity contribution in [1.29, 1.82) is 0 Å². The zero-order valence-corrected chi connectivity index (χ0v) is 10.6. The van der Waals surface area contributed by atoms with Crippen LogP contribution >= 0.6 is 0 Å².